The van der Waals surface area contributed by atoms with Gasteiger partial charge in [0.25, 0.3) is 0 Å². The number of hydrogen-bond acceptors (Lipinski definition) is 7. The third-order valence-electron chi connectivity index (χ3n) is 6.74. The molecular formula is C28H38N2O6S. The van der Waals surface area contributed by atoms with Crippen LogP contribution in [0.3, 0.4) is 0 Å². The number of rotatable bonds is 13. The Morgan fingerprint density at radius 1 is 1.14 bits per heavy atom. The zero-order chi connectivity index (χ0) is 27.0. The predicted molar refractivity (Wildman–Crippen MR) is 144 cm³/mol. The van der Waals surface area contributed by atoms with E-state index in [1.807, 2.05) is 31.2 Å². The van der Waals surface area contributed by atoms with Crippen LogP contribution in [0.25, 0.3) is 0 Å². The average Bonchev–Trinajstić information content (AvgIpc) is 3.30. The van der Waals surface area contributed by atoms with Crippen molar-refractivity contribution < 1.29 is 27.4 Å². The maximum atomic E-state index is 13.6. The fourth-order valence-corrected chi connectivity index (χ4v) is 6.54. The normalized spacial score (nSPS) is 18.1. The molecule has 2 unspecified atom stereocenters. The summed E-state index contributed by atoms with van der Waals surface area (Å²) in [7, 11) is -0.583. The molecule has 2 aromatic rings. The Hall–Kier alpha value is -2.88. The average molecular weight is 531 g/mol. The van der Waals surface area contributed by atoms with E-state index in [0.29, 0.717) is 44.0 Å². The standard InChI is InChI=1S/C28H38N2O6S/c1-6-16-29(17-14-22-10-13-26(34-4)27(19-22)35-5)24-15-18-30(25(24)20-28(31)36-7-2)37(32,33)23-11-8-21(3)9-12-23/h6,8-13,19,24-25H,1,7,14-18,20H2,2-5H3. The van der Waals surface area contributed by atoms with Crippen LogP contribution in [-0.4, -0.2) is 76.1 Å². The van der Waals surface area contributed by atoms with Crippen molar-refractivity contribution in [3.8, 4) is 11.5 Å². The number of carbonyl (C=O) groups is 1. The highest BCUT2D eigenvalue weighted by molar-refractivity contribution is 7.89. The Morgan fingerprint density at radius 3 is 2.46 bits per heavy atom. The number of sulfonamides is 1. The summed E-state index contributed by atoms with van der Waals surface area (Å²) in [5.41, 5.74) is 2.05. The smallest absolute Gasteiger partial charge is 0.307 e. The van der Waals surface area contributed by atoms with Crippen molar-refractivity contribution in [2.45, 2.75) is 50.1 Å². The van der Waals surface area contributed by atoms with E-state index in [2.05, 4.69) is 11.5 Å². The van der Waals surface area contributed by atoms with E-state index in [4.69, 9.17) is 14.2 Å². The molecule has 0 amide bonds. The number of hydrogen-bond donors (Lipinski definition) is 0. The fraction of sp³-hybridized carbons (Fsp3) is 0.464. The lowest BCUT2D eigenvalue weighted by Gasteiger charge is -2.34. The third-order valence-corrected chi connectivity index (χ3v) is 8.67. The lowest BCUT2D eigenvalue weighted by Crippen LogP contribution is -2.48. The van der Waals surface area contributed by atoms with Crippen LogP contribution < -0.4 is 9.47 Å². The maximum Gasteiger partial charge on any atom is 0.307 e. The number of ether oxygens (including phenoxy) is 3. The molecule has 0 bridgehead atoms. The van der Waals surface area contributed by atoms with Crippen molar-refractivity contribution in [3.05, 3.63) is 66.2 Å². The highest BCUT2D eigenvalue weighted by atomic mass is 32.2. The summed E-state index contributed by atoms with van der Waals surface area (Å²) >= 11 is 0. The summed E-state index contributed by atoms with van der Waals surface area (Å²) in [6.07, 6.45) is 3.12. The highest BCUT2D eigenvalue weighted by Gasteiger charge is 2.44. The topological polar surface area (TPSA) is 85.4 Å². The van der Waals surface area contributed by atoms with Gasteiger partial charge < -0.3 is 14.2 Å². The van der Waals surface area contributed by atoms with Gasteiger partial charge in [-0.15, -0.1) is 6.58 Å². The fourth-order valence-electron chi connectivity index (χ4n) is 4.88. The molecule has 3 rings (SSSR count). The van der Waals surface area contributed by atoms with Crippen molar-refractivity contribution in [3.63, 3.8) is 0 Å². The Kier molecular flexibility index (Phi) is 10.1. The molecule has 2 atom stereocenters. The van der Waals surface area contributed by atoms with Gasteiger partial charge in [0.1, 0.15) is 0 Å². The Morgan fingerprint density at radius 2 is 1.84 bits per heavy atom. The van der Waals surface area contributed by atoms with E-state index in [9.17, 15) is 13.2 Å². The molecule has 0 aliphatic carbocycles. The van der Waals surface area contributed by atoms with Crippen LogP contribution >= 0.6 is 0 Å². The van der Waals surface area contributed by atoms with Crippen LogP contribution in [-0.2, 0) is 26.0 Å². The van der Waals surface area contributed by atoms with Crippen LogP contribution in [0.15, 0.2) is 60.0 Å². The molecule has 1 aliphatic rings. The van der Waals surface area contributed by atoms with Gasteiger partial charge in [-0.2, -0.15) is 4.31 Å². The first-order chi connectivity index (χ1) is 17.7. The summed E-state index contributed by atoms with van der Waals surface area (Å²) in [4.78, 5) is 15.0. The van der Waals surface area contributed by atoms with Crippen LogP contribution in [0.5, 0.6) is 11.5 Å². The van der Waals surface area contributed by atoms with E-state index < -0.39 is 22.0 Å². The molecule has 37 heavy (non-hydrogen) atoms. The van der Waals surface area contributed by atoms with Gasteiger partial charge in [0.15, 0.2) is 11.5 Å². The van der Waals surface area contributed by atoms with E-state index in [1.165, 1.54) is 4.31 Å². The minimum atomic E-state index is -3.79. The quantitative estimate of drug-likeness (QED) is 0.287. The molecular weight excluding hydrogens is 492 g/mol. The van der Waals surface area contributed by atoms with Crippen molar-refractivity contribution in [1.29, 1.82) is 0 Å². The van der Waals surface area contributed by atoms with E-state index >= 15 is 0 Å². The first-order valence-corrected chi connectivity index (χ1v) is 14.0. The molecule has 0 saturated carbocycles. The summed E-state index contributed by atoms with van der Waals surface area (Å²) in [6, 6.07) is 11.9. The van der Waals surface area contributed by atoms with Crippen molar-refractivity contribution in [2.75, 3.05) is 40.5 Å². The molecule has 202 valence electrons. The highest BCUT2D eigenvalue weighted by Crippen LogP contribution is 2.32. The molecule has 0 radical (unpaired) electrons. The lowest BCUT2D eigenvalue weighted by molar-refractivity contribution is -0.144. The minimum absolute atomic E-state index is 0.00635. The second-order valence-electron chi connectivity index (χ2n) is 9.08. The first kappa shape index (κ1) is 28.7. The Bertz CT molecular complexity index is 1170. The van der Waals surface area contributed by atoms with E-state index in [1.54, 1.807) is 45.4 Å². The first-order valence-electron chi connectivity index (χ1n) is 12.5. The molecule has 0 spiro atoms. The van der Waals surface area contributed by atoms with Crippen LogP contribution in [0.2, 0.25) is 0 Å². The number of methoxy groups -OCH3 is 2. The molecule has 0 N–H and O–H groups in total. The molecule has 1 fully saturated rings. The molecule has 1 heterocycles. The van der Waals surface area contributed by atoms with Crippen LogP contribution in [0.1, 0.15) is 30.9 Å². The zero-order valence-corrected chi connectivity index (χ0v) is 23.0. The van der Waals surface area contributed by atoms with Gasteiger partial charge in [-0.05, 0) is 56.5 Å². The van der Waals surface area contributed by atoms with Crippen molar-refractivity contribution in [1.82, 2.24) is 9.21 Å². The zero-order valence-electron chi connectivity index (χ0n) is 22.2. The molecule has 8 nitrogen and oxygen atoms in total. The minimum Gasteiger partial charge on any atom is -0.493 e. The van der Waals surface area contributed by atoms with Gasteiger partial charge in [0.2, 0.25) is 10.0 Å². The van der Waals surface area contributed by atoms with Crippen LogP contribution in [0.4, 0.5) is 0 Å². The summed E-state index contributed by atoms with van der Waals surface area (Å²) in [6.45, 7) is 9.37. The monoisotopic (exact) mass is 530 g/mol. The van der Waals surface area contributed by atoms with Gasteiger partial charge >= 0.3 is 5.97 Å². The van der Waals surface area contributed by atoms with E-state index in [0.717, 1.165) is 11.1 Å². The number of esters is 1. The molecule has 9 heteroatoms. The summed E-state index contributed by atoms with van der Waals surface area (Å²) < 4.78 is 44.8. The number of aryl methyl sites for hydroxylation is 1. The van der Waals surface area contributed by atoms with Crippen molar-refractivity contribution in [2.24, 2.45) is 0 Å². The van der Waals surface area contributed by atoms with Gasteiger partial charge in [0.05, 0.1) is 38.2 Å². The lowest BCUT2D eigenvalue weighted by atomic mass is 10.0. The molecule has 1 saturated heterocycles. The SMILES string of the molecule is C=CCN(CCc1ccc(OC)c(OC)c1)C1CCN(S(=O)(=O)c2ccc(C)cc2)C1CC(=O)OCC. The van der Waals surface area contributed by atoms with Gasteiger partial charge in [-0.25, -0.2) is 8.42 Å². The third kappa shape index (κ3) is 6.91. The molecule has 1 aliphatic heterocycles. The second kappa shape index (κ2) is 13.1. The predicted octanol–water partition coefficient (Wildman–Crippen LogP) is 3.83. The number of benzene rings is 2. The summed E-state index contributed by atoms with van der Waals surface area (Å²) in [5, 5.41) is 0. The van der Waals surface area contributed by atoms with Crippen LogP contribution in [0, 0.1) is 6.92 Å². The van der Waals surface area contributed by atoms with Gasteiger partial charge in [-0.1, -0.05) is 29.8 Å². The van der Waals surface area contributed by atoms with Gasteiger partial charge in [-0.3, -0.25) is 9.69 Å². The Balaban J connectivity index is 1.87. The number of nitrogens with zero attached hydrogens (tertiary/aromatic N) is 2. The van der Waals surface area contributed by atoms with Gasteiger partial charge in [0, 0.05) is 25.7 Å². The van der Waals surface area contributed by atoms with Crippen molar-refractivity contribution >= 4 is 16.0 Å². The van der Waals surface area contributed by atoms with E-state index in [-0.39, 0.29) is 24.0 Å². The molecule has 2 aromatic carbocycles. The molecule has 0 aromatic heterocycles. The maximum absolute atomic E-state index is 13.6. The number of carbonyl (C=O) groups excluding carboxylic acids is 1. The summed E-state index contributed by atoms with van der Waals surface area (Å²) in [5.74, 6) is 0.921. The Labute approximate surface area is 220 Å². The largest absolute Gasteiger partial charge is 0.493 e. The second-order valence-corrected chi connectivity index (χ2v) is 11.0.